The van der Waals surface area contributed by atoms with Crippen LogP contribution in [0.15, 0.2) is 36.4 Å². The average Bonchev–Trinajstić information content (AvgIpc) is 2.59. The van der Waals surface area contributed by atoms with Crippen LogP contribution in [0.3, 0.4) is 0 Å². The van der Waals surface area contributed by atoms with Gasteiger partial charge in [0.25, 0.3) is 5.91 Å². The first-order valence-electron chi connectivity index (χ1n) is 9.82. The Morgan fingerprint density at radius 3 is 2.22 bits per heavy atom. The predicted molar refractivity (Wildman–Crippen MR) is 113 cm³/mol. The van der Waals surface area contributed by atoms with Crippen molar-refractivity contribution in [3.05, 3.63) is 47.0 Å². The summed E-state index contributed by atoms with van der Waals surface area (Å²) in [6, 6.07) is 11.2. The molecule has 6 rings (SSSR count). The molecule has 4 saturated carbocycles. The second-order valence-electron chi connectivity index (χ2n) is 8.75. The normalized spacial score (nSPS) is 31.1. The maximum atomic E-state index is 12.9. The lowest BCUT2D eigenvalue weighted by Crippen LogP contribution is -2.61. The number of benzene rings is 2. The van der Waals surface area contributed by atoms with Crippen molar-refractivity contribution >= 4 is 45.6 Å². The molecule has 0 saturated heterocycles. The number of hydrogen-bond acceptors (Lipinski definition) is 2. The van der Waals surface area contributed by atoms with Crippen LogP contribution in [0.4, 0.5) is 0 Å². The molecule has 0 radical (unpaired) electrons. The van der Waals surface area contributed by atoms with Crippen molar-refractivity contribution < 1.29 is 4.79 Å². The van der Waals surface area contributed by atoms with Crippen LogP contribution in [0.1, 0.15) is 48.9 Å². The van der Waals surface area contributed by atoms with Gasteiger partial charge in [0.15, 0.2) is 5.11 Å². The van der Waals surface area contributed by atoms with Gasteiger partial charge in [0.2, 0.25) is 0 Å². The molecule has 4 bridgehead atoms. The zero-order valence-corrected chi connectivity index (χ0v) is 16.7. The van der Waals surface area contributed by atoms with E-state index in [0.717, 1.165) is 28.5 Å². The van der Waals surface area contributed by atoms with E-state index in [-0.39, 0.29) is 11.4 Å². The fourth-order valence-electron chi connectivity index (χ4n) is 6.18. The van der Waals surface area contributed by atoms with Gasteiger partial charge in [-0.25, -0.2) is 0 Å². The quantitative estimate of drug-likeness (QED) is 0.694. The molecule has 3 nitrogen and oxygen atoms in total. The first-order chi connectivity index (χ1) is 13.0. The third kappa shape index (κ3) is 3.13. The van der Waals surface area contributed by atoms with Gasteiger partial charge in [0.1, 0.15) is 0 Å². The molecule has 1 amide bonds. The lowest BCUT2D eigenvalue weighted by Gasteiger charge is -2.57. The first-order valence-corrected chi connectivity index (χ1v) is 10.6. The molecule has 2 N–H and O–H groups in total. The highest BCUT2D eigenvalue weighted by Crippen LogP contribution is 2.55. The minimum absolute atomic E-state index is 0.0984. The summed E-state index contributed by atoms with van der Waals surface area (Å²) >= 11 is 11.8. The average molecular weight is 399 g/mol. The Balaban J connectivity index is 1.33. The monoisotopic (exact) mass is 398 g/mol. The molecule has 140 valence electrons. The molecule has 0 aliphatic heterocycles. The zero-order chi connectivity index (χ0) is 18.6. The molecule has 2 aromatic carbocycles. The van der Waals surface area contributed by atoms with Crippen LogP contribution in [0, 0.1) is 17.8 Å². The van der Waals surface area contributed by atoms with E-state index >= 15 is 0 Å². The molecule has 4 aliphatic carbocycles. The van der Waals surface area contributed by atoms with Gasteiger partial charge in [-0.1, -0.05) is 35.9 Å². The Kier molecular flexibility index (Phi) is 4.17. The van der Waals surface area contributed by atoms with E-state index in [1.807, 2.05) is 36.4 Å². The van der Waals surface area contributed by atoms with E-state index in [4.69, 9.17) is 23.8 Å². The van der Waals surface area contributed by atoms with Crippen molar-refractivity contribution in [1.29, 1.82) is 0 Å². The van der Waals surface area contributed by atoms with Gasteiger partial charge in [-0.3, -0.25) is 10.1 Å². The summed E-state index contributed by atoms with van der Waals surface area (Å²) < 4.78 is 0. The van der Waals surface area contributed by atoms with Crippen LogP contribution in [-0.4, -0.2) is 16.6 Å². The number of thiocarbonyl (C=S) groups is 1. The second-order valence-corrected chi connectivity index (χ2v) is 9.56. The summed E-state index contributed by atoms with van der Waals surface area (Å²) in [4.78, 5) is 12.9. The SMILES string of the molecule is O=C(NC(=S)NC12CC3CC(CC(C3)C1)C2)c1cccc2c(Cl)cccc12. The lowest BCUT2D eigenvalue weighted by molar-refractivity contribution is -0.0101. The molecular weight excluding hydrogens is 376 g/mol. The maximum absolute atomic E-state index is 12.9. The minimum Gasteiger partial charge on any atom is -0.357 e. The number of halogens is 1. The maximum Gasteiger partial charge on any atom is 0.258 e. The lowest BCUT2D eigenvalue weighted by atomic mass is 9.53. The standard InChI is InChI=1S/C22H23ClN2OS/c23-19-6-2-3-16-17(19)4-1-5-18(16)20(26)24-21(27)25-22-10-13-7-14(11-22)9-15(8-13)12-22/h1-6,13-15H,7-12H2,(H2,24,25,26,27). The summed E-state index contributed by atoms with van der Waals surface area (Å²) in [5.41, 5.74) is 0.700. The van der Waals surface area contributed by atoms with Gasteiger partial charge in [0.05, 0.1) is 0 Å². The molecule has 27 heavy (non-hydrogen) atoms. The summed E-state index contributed by atoms with van der Waals surface area (Å²) in [7, 11) is 0. The third-order valence-corrected chi connectivity index (χ3v) is 7.29. The van der Waals surface area contributed by atoms with E-state index in [9.17, 15) is 4.79 Å². The fraction of sp³-hybridized carbons (Fsp3) is 0.455. The number of fused-ring (bicyclic) bond motifs is 1. The number of carbonyl (C=O) groups excluding carboxylic acids is 1. The molecule has 4 aliphatic rings. The zero-order valence-electron chi connectivity index (χ0n) is 15.1. The Labute approximate surface area is 169 Å². The second kappa shape index (κ2) is 6.46. The Morgan fingerprint density at radius 2 is 1.56 bits per heavy atom. The van der Waals surface area contributed by atoms with Crippen LogP contribution < -0.4 is 10.6 Å². The van der Waals surface area contributed by atoms with Crippen LogP contribution in [0.2, 0.25) is 5.02 Å². The van der Waals surface area contributed by atoms with E-state index in [1.54, 1.807) is 0 Å². The largest absolute Gasteiger partial charge is 0.357 e. The van der Waals surface area contributed by atoms with E-state index in [2.05, 4.69) is 10.6 Å². The van der Waals surface area contributed by atoms with Crippen molar-refractivity contribution in [2.45, 2.75) is 44.1 Å². The molecule has 0 aromatic heterocycles. The summed E-state index contributed by atoms with van der Waals surface area (Å²) in [5.74, 6) is 2.33. The number of carbonyl (C=O) groups is 1. The highest BCUT2D eigenvalue weighted by molar-refractivity contribution is 7.80. The summed E-state index contributed by atoms with van der Waals surface area (Å²) in [6.45, 7) is 0. The van der Waals surface area contributed by atoms with Crippen molar-refractivity contribution in [2.75, 3.05) is 0 Å². The number of amides is 1. The van der Waals surface area contributed by atoms with Crippen molar-refractivity contribution in [1.82, 2.24) is 10.6 Å². The van der Waals surface area contributed by atoms with E-state index < -0.39 is 0 Å². The van der Waals surface area contributed by atoms with E-state index in [0.29, 0.717) is 15.7 Å². The van der Waals surface area contributed by atoms with Crippen LogP contribution in [0.5, 0.6) is 0 Å². The Bertz CT molecular complexity index is 906. The molecule has 5 heteroatoms. The summed E-state index contributed by atoms with van der Waals surface area (Å²) in [5, 5.41) is 9.32. The number of nitrogens with one attached hydrogen (secondary N) is 2. The molecule has 0 heterocycles. The topological polar surface area (TPSA) is 41.1 Å². The van der Waals surface area contributed by atoms with Crippen molar-refractivity contribution in [2.24, 2.45) is 17.8 Å². The Morgan fingerprint density at radius 1 is 0.963 bits per heavy atom. The van der Waals surface area contributed by atoms with Crippen LogP contribution >= 0.6 is 23.8 Å². The molecule has 0 spiro atoms. The molecule has 0 atom stereocenters. The van der Waals surface area contributed by atoms with Gasteiger partial charge in [-0.2, -0.15) is 0 Å². The predicted octanol–water partition coefficient (Wildman–Crippen LogP) is 5.07. The minimum atomic E-state index is -0.176. The van der Waals surface area contributed by atoms with Gasteiger partial charge >= 0.3 is 0 Å². The molecule has 4 fully saturated rings. The van der Waals surface area contributed by atoms with Gasteiger partial charge < -0.3 is 5.32 Å². The van der Waals surface area contributed by atoms with Crippen molar-refractivity contribution in [3.8, 4) is 0 Å². The molecular formula is C22H23ClN2OS. The highest BCUT2D eigenvalue weighted by Gasteiger charge is 2.51. The van der Waals surface area contributed by atoms with Crippen LogP contribution in [0.25, 0.3) is 10.8 Å². The van der Waals surface area contributed by atoms with Gasteiger partial charge in [0, 0.05) is 21.5 Å². The smallest absolute Gasteiger partial charge is 0.258 e. The van der Waals surface area contributed by atoms with Gasteiger partial charge in [-0.05, 0) is 86.0 Å². The van der Waals surface area contributed by atoms with Gasteiger partial charge in [-0.15, -0.1) is 0 Å². The fourth-order valence-corrected chi connectivity index (χ4v) is 6.72. The van der Waals surface area contributed by atoms with E-state index in [1.165, 1.54) is 38.5 Å². The molecule has 2 aromatic rings. The number of hydrogen-bond donors (Lipinski definition) is 2. The number of rotatable bonds is 2. The Hall–Kier alpha value is -1.65. The summed E-state index contributed by atoms with van der Waals surface area (Å²) in [6.07, 6.45) is 7.74. The van der Waals surface area contributed by atoms with Crippen molar-refractivity contribution in [3.63, 3.8) is 0 Å². The highest BCUT2D eigenvalue weighted by atomic mass is 35.5. The van der Waals surface area contributed by atoms with Crippen LogP contribution in [-0.2, 0) is 0 Å². The molecule has 0 unspecified atom stereocenters. The third-order valence-electron chi connectivity index (χ3n) is 6.76. The first kappa shape index (κ1) is 17.4.